The third-order valence-corrected chi connectivity index (χ3v) is 7.92. The maximum Gasteiger partial charge on any atom is 0.335 e. The molecular weight excluding hydrogens is 490 g/mol. The molecule has 0 heterocycles. The second-order valence-corrected chi connectivity index (χ2v) is 11.9. The molecule has 6 heteroatoms. The van der Waals surface area contributed by atoms with Crippen LogP contribution in [0, 0.1) is 5.92 Å². The first-order valence-electron chi connectivity index (χ1n) is 16.8. The number of carbonyl (C=O) groups excluding carboxylic acids is 1. The number of hydrogen-bond acceptors (Lipinski definition) is 6. The fourth-order valence-electron chi connectivity index (χ4n) is 5.32. The highest BCUT2D eigenvalue weighted by molar-refractivity contribution is 5.74. The molecule has 0 rings (SSSR count). The van der Waals surface area contributed by atoms with E-state index in [1.807, 2.05) is 6.92 Å². The standard InChI is InChI=1S/C33H67NO5/c1-5-8-10-12-14-16-18-20-24-30(35)27-34(26-22-23-29(4)32(37)33(38)39-7-3)28-31(36)25-21-19-17-15-13-11-9-6-2/h29-32,35-37H,5-28H2,1-4H3. The van der Waals surface area contributed by atoms with Crippen LogP contribution in [0.1, 0.15) is 156 Å². The van der Waals surface area contributed by atoms with Crippen molar-refractivity contribution in [1.29, 1.82) is 0 Å². The lowest BCUT2D eigenvalue weighted by molar-refractivity contribution is -0.155. The number of rotatable bonds is 29. The molecule has 0 fully saturated rings. The highest BCUT2D eigenvalue weighted by atomic mass is 16.5. The van der Waals surface area contributed by atoms with E-state index < -0.39 is 12.1 Å². The quantitative estimate of drug-likeness (QED) is 0.0655. The summed E-state index contributed by atoms with van der Waals surface area (Å²) >= 11 is 0. The topological polar surface area (TPSA) is 90.2 Å². The third kappa shape index (κ3) is 23.7. The Bertz CT molecular complexity index is 504. The van der Waals surface area contributed by atoms with Crippen LogP contribution in [0.25, 0.3) is 0 Å². The Balaban J connectivity index is 4.49. The van der Waals surface area contributed by atoms with Crippen molar-refractivity contribution in [2.75, 3.05) is 26.2 Å². The van der Waals surface area contributed by atoms with Crippen molar-refractivity contribution < 1.29 is 24.9 Å². The van der Waals surface area contributed by atoms with Crippen LogP contribution in [0.5, 0.6) is 0 Å². The molecule has 0 aromatic carbocycles. The minimum Gasteiger partial charge on any atom is -0.464 e. The zero-order valence-electron chi connectivity index (χ0n) is 26.4. The summed E-state index contributed by atoms with van der Waals surface area (Å²) in [5.74, 6) is -0.737. The van der Waals surface area contributed by atoms with Gasteiger partial charge in [-0.05, 0) is 45.1 Å². The Labute approximate surface area is 242 Å². The summed E-state index contributed by atoms with van der Waals surface area (Å²) < 4.78 is 4.95. The van der Waals surface area contributed by atoms with Crippen LogP contribution in [0.2, 0.25) is 0 Å². The summed E-state index contributed by atoms with van der Waals surface area (Å²) in [5, 5.41) is 31.7. The number of nitrogens with zero attached hydrogens (tertiary/aromatic N) is 1. The van der Waals surface area contributed by atoms with Gasteiger partial charge in [-0.3, -0.25) is 4.90 Å². The van der Waals surface area contributed by atoms with Crippen molar-refractivity contribution in [1.82, 2.24) is 4.90 Å². The number of aliphatic hydroxyl groups excluding tert-OH is 3. The van der Waals surface area contributed by atoms with Crippen LogP contribution < -0.4 is 0 Å². The SMILES string of the molecule is CCCCCCCCCCC(O)CN(CCCC(C)C(O)C(=O)OCC)CC(O)CCCCCCCCCC. The minimum atomic E-state index is -1.10. The van der Waals surface area contributed by atoms with Gasteiger partial charge >= 0.3 is 5.97 Å². The lowest BCUT2D eigenvalue weighted by Gasteiger charge is -2.28. The number of aliphatic hydroxyl groups is 3. The van der Waals surface area contributed by atoms with Gasteiger partial charge in [0.15, 0.2) is 6.10 Å². The van der Waals surface area contributed by atoms with Gasteiger partial charge in [0.1, 0.15) is 0 Å². The summed E-state index contributed by atoms with van der Waals surface area (Å²) in [5.41, 5.74) is 0. The highest BCUT2D eigenvalue weighted by Crippen LogP contribution is 2.16. The second-order valence-electron chi connectivity index (χ2n) is 11.9. The van der Waals surface area contributed by atoms with Gasteiger partial charge in [-0.2, -0.15) is 0 Å². The van der Waals surface area contributed by atoms with E-state index >= 15 is 0 Å². The van der Waals surface area contributed by atoms with Crippen LogP contribution in [0.15, 0.2) is 0 Å². The van der Waals surface area contributed by atoms with E-state index in [2.05, 4.69) is 18.7 Å². The zero-order chi connectivity index (χ0) is 29.1. The molecule has 0 radical (unpaired) electrons. The van der Waals surface area contributed by atoms with Gasteiger partial charge < -0.3 is 20.1 Å². The van der Waals surface area contributed by atoms with Crippen molar-refractivity contribution in [3.05, 3.63) is 0 Å². The van der Waals surface area contributed by atoms with Crippen LogP contribution in [0.4, 0.5) is 0 Å². The predicted octanol–water partition coefficient (Wildman–Crippen LogP) is 7.41. The molecule has 0 saturated heterocycles. The molecule has 0 aromatic heterocycles. The molecule has 0 spiro atoms. The van der Waals surface area contributed by atoms with Crippen LogP contribution in [0.3, 0.4) is 0 Å². The van der Waals surface area contributed by atoms with Crippen LogP contribution in [-0.2, 0) is 9.53 Å². The molecule has 3 N–H and O–H groups in total. The van der Waals surface area contributed by atoms with Crippen molar-refractivity contribution in [3.8, 4) is 0 Å². The van der Waals surface area contributed by atoms with E-state index in [0.29, 0.717) is 19.5 Å². The molecule has 0 aliphatic carbocycles. The molecule has 0 bridgehead atoms. The van der Waals surface area contributed by atoms with Crippen molar-refractivity contribution >= 4 is 5.97 Å². The molecule has 0 aromatic rings. The third-order valence-electron chi connectivity index (χ3n) is 7.92. The molecule has 39 heavy (non-hydrogen) atoms. The van der Waals surface area contributed by atoms with Gasteiger partial charge in [-0.15, -0.1) is 0 Å². The number of carbonyl (C=O) groups is 1. The van der Waals surface area contributed by atoms with E-state index in [1.54, 1.807) is 6.92 Å². The van der Waals surface area contributed by atoms with E-state index in [9.17, 15) is 20.1 Å². The lowest BCUT2D eigenvalue weighted by Crippen LogP contribution is -2.39. The first-order valence-corrected chi connectivity index (χ1v) is 16.8. The second kappa shape index (κ2) is 27.5. The van der Waals surface area contributed by atoms with Gasteiger partial charge in [0, 0.05) is 13.1 Å². The van der Waals surface area contributed by atoms with Gasteiger partial charge in [0.25, 0.3) is 0 Å². The van der Waals surface area contributed by atoms with Gasteiger partial charge in [-0.1, -0.05) is 124 Å². The first kappa shape index (κ1) is 38.3. The normalized spacial score (nSPS) is 14.9. The Kier molecular flexibility index (Phi) is 27.0. The molecule has 0 saturated carbocycles. The molecule has 6 nitrogen and oxygen atoms in total. The number of hydrogen-bond donors (Lipinski definition) is 3. The highest BCUT2D eigenvalue weighted by Gasteiger charge is 2.24. The Morgan fingerprint density at radius 1 is 0.615 bits per heavy atom. The van der Waals surface area contributed by atoms with E-state index in [0.717, 1.165) is 38.6 Å². The fourth-order valence-corrected chi connectivity index (χ4v) is 5.32. The molecule has 4 atom stereocenters. The van der Waals surface area contributed by atoms with Crippen LogP contribution in [-0.4, -0.2) is 70.7 Å². The maximum atomic E-state index is 11.8. The molecule has 4 unspecified atom stereocenters. The maximum absolute atomic E-state index is 11.8. The summed E-state index contributed by atoms with van der Waals surface area (Å²) in [6.45, 7) is 10.2. The smallest absolute Gasteiger partial charge is 0.335 e. The molecule has 0 aliphatic rings. The number of esters is 1. The lowest BCUT2D eigenvalue weighted by atomic mass is 9.98. The van der Waals surface area contributed by atoms with Gasteiger partial charge in [0.2, 0.25) is 0 Å². The molecule has 234 valence electrons. The first-order chi connectivity index (χ1) is 18.8. The Morgan fingerprint density at radius 3 is 1.44 bits per heavy atom. The van der Waals surface area contributed by atoms with Gasteiger partial charge in [0.05, 0.1) is 18.8 Å². The van der Waals surface area contributed by atoms with Crippen molar-refractivity contribution in [2.24, 2.45) is 5.92 Å². The fraction of sp³-hybridized carbons (Fsp3) is 0.970. The summed E-state index contributed by atoms with van der Waals surface area (Å²) in [6.07, 6.45) is 21.3. The van der Waals surface area contributed by atoms with Crippen LogP contribution >= 0.6 is 0 Å². The Morgan fingerprint density at radius 2 is 1.03 bits per heavy atom. The largest absolute Gasteiger partial charge is 0.464 e. The van der Waals surface area contributed by atoms with E-state index in [-0.39, 0.29) is 24.7 Å². The zero-order valence-corrected chi connectivity index (χ0v) is 26.4. The molecular formula is C33H67NO5. The average molecular weight is 558 g/mol. The molecule has 0 aliphatic heterocycles. The Hall–Kier alpha value is -0.690. The molecule has 0 amide bonds. The van der Waals surface area contributed by atoms with Crippen molar-refractivity contribution in [3.63, 3.8) is 0 Å². The van der Waals surface area contributed by atoms with E-state index in [1.165, 1.54) is 89.9 Å². The monoisotopic (exact) mass is 558 g/mol. The van der Waals surface area contributed by atoms with E-state index in [4.69, 9.17) is 4.74 Å². The summed E-state index contributed by atoms with van der Waals surface area (Å²) in [4.78, 5) is 14.0. The average Bonchev–Trinajstić information content (AvgIpc) is 2.91. The van der Waals surface area contributed by atoms with Gasteiger partial charge in [-0.25, -0.2) is 4.79 Å². The number of unbranched alkanes of at least 4 members (excludes halogenated alkanes) is 14. The van der Waals surface area contributed by atoms with Crippen molar-refractivity contribution in [2.45, 2.75) is 174 Å². The number of ether oxygens (including phenoxy) is 1. The summed E-state index contributed by atoms with van der Waals surface area (Å²) in [6, 6.07) is 0. The minimum absolute atomic E-state index is 0.185. The predicted molar refractivity (Wildman–Crippen MR) is 164 cm³/mol. The summed E-state index contributed by atoms with van der Waals surface area (Å²) in [7, 11) is 0.